The second-order valence-electron chi connectivity index (χ2n) is 12.5. The molecule has 3 aromatic heterocycles. The maximum absolute atomic E-state index is 4.91. The Labute approximate surface area is 387 Å². The molecule has 0 fully saturated rings. The van der Waals surface area contributed by atoms with Crippen LogP contribution in [0.15, 0.2) is 140 Å². The summed E-state index contributed by atoms with van der Waals surface area (Å²) in [6.45, 7) is 7.00. The zero-order valence-electron chi connectivity index (χ0n) is 30.6. The van der Waals surface area contributed by atoms with Gasteiger partial charge < -0.3 is 38.6 Å². The summed E-state index contributed by atoms with van der Waals surface area (Å²) in [6.07, 6.45) is 5.12. The van der Waals surface area contributed by atoms with E-state index in [9.17, 15) is 0 Å². The standard InChI is InChI=1S/C30H16N3.C14H16NSi.CH3.B.Ir.2Y/c1-3-10-22(11-4-1)25-18-19-27(31-21-25)23-12-9-13-24(20-23)30-32-28-16-7-8-17-29(28)33(30)26-14-5-2-6-15-26;1-16(2,3)13-9-10-14(15-11-13)12-7-5-4-6-8-12;;;;;/h1-10,12,14-18H;4-7,9-11H,1-3H3;1H3;;;;/q-5;2*-1;;;;+3. The van der Waals surface area contributed by atoms with Gasteiger partial charge >= 0.3 is 32.7 Å². The molecule has 0 saturated heterocycles. The first-order chi connectivity index (χ1) is 23.9. The third kappa shape index (κ3) is 11.3. The average Bonchev–Trinajstić information content (AvgIpc) is 3.56. The number of nitrogens with zero attached hydrogens (tertiary/aromatic N) is 4. The van der Waals surface area contributed by atoms with E-state index in [2.05, 4.69) is 101 Å². The number of aromatic nitrogens is 4. The predicted molar refractivity (Wildman–Crippen MR) is 213 cm³/mol. The minimum Gasteiger partial charge on any atom is -0.391 e. The molecule has 8 aromatic rings. The van der Waals surface area contributed by atoms with Gasteiger partial charge in [0.05, 0.1) is 19.1 Å². The van der Waals surface area contributed by atoms with E-state index in [0.29, 0.717) is 5.69 Å². The van der Waals surface area contributed by atoms with Crippen LogP contribution in [-0.2, 0) is 85.5 Å². The number of imidazole rings is 1. The predicted octanol–water partition coefficient (Wildman–Crippen LogP) is 9.58. The molecule has 0 aliphatic carbocycles. The molecule has 0 saturated carbocycles. The van der Waals surface area contributed by atoms with Gasteiger partial charge in [-0.3, -0.25) is 23.8 Å². The van der Waals surface area contributed by atoms with Crippen molar-refractivity contribution in [1.29, 1.82) is 0 Å². The van der Waals surface area contributed by atoms with E-state index in [-0.39, 0.29) is 101 Å². The van der Waals surface area contributed by atoms with Crippen molar-refractivity contribution in [3.8, 4) is 50.7 Å². The van der Waals surface area contributed by atoms with Crippen LogP contribution < -0.4 is 5.19 Å². The number of para-hydroxylation sites is 3. The molecule has 0 N–H and O–H groups in total. The summed E-state index contributed by atoms with van der Waals surface area (Å²) in [4.78, 5) is 13.9. The van der Waals surface area contributed by atoms with Crippen molar-refractivity contribution in [2.45, 2.75) is 19.6 Å². The SMILES string of the molecule is C[Si](C)(C)c1ccc(-c2[c-]cccc2)nc1.[B].[CH3-].[Ir].[Y+3].[Y].[c-]1ccc(-c2[c-]cc(-c3[c-]cccc3)[c-]n2)[c-]c1-c1nc2ccccc2n1-c1ccccc1. The Morgan fingerprint density at radius 3 is 1.93 bits per heavy atom. The van der Waals surface area contributed by atoms with E-state index in [0.717, 1.165) is 56.1 Å². The largest absolute Gasteiger partial charge is 3.00 e. The van der Waals surface area contributed by atoms with Crippen LogP contribution in [0.1, 0.15) is 0 Å². The topological polar surface area (TPSA) is 43.6 Å². The van der Waals surface area contributed by atoms with Crippen molar-refractivity contribution >= 4 is 32.7 Å². The van der Waals surface area contributed by atoms with Crippen LogP contribution in [0, 0.1) is 44.0 Å². The Morgan fingerprint density at radius 2 is 1.31 bits per heavy atom. The van der Waals surface area contributed by atoms with Gasteiger partial charge in [0.2, 0.25) is 0 Å². The summed E-state index contributed by atoms with van der Waals surface area (Å²) in [5, 5.41) is 1.40. The van der Waals surface area contributed by atoms with Crippen LogP contribution >= 0.6 is 0 Å². The maximum atomic E-state index is 4.91. The van der Waals surface area contributed by atoms with Gasteiger partial charge in [0.1, 0.15) is 0 Å². The third-order valence-corrected chi connectivity index (χ3v) is 10.1. The molecule has 5 aromatic carbocycles. The summed E-state index contributed by atoms with van der Waals surface area (Å²) < 4.78 is 2.14. The summed E-state index contributed by atoms with van der Waals surface area (Å²) >= 11 is 0. The summed E-state index contributed by atoms with van der Waals surface area (Å²) in [7, 11) is -1.23. The Bertz CT molecular complexity index is 2300. The molecule has 8 rings (SSSR count). The first kappa shape index (κ1) is 47.2. The van der Waals surface area contributed by atoms with E-state index in [4.69, 9.17) is 4.98 Å². The molecule has 54 heavy (non-hydrogen) atoms. The molecule has 0 unspecified atom stereocenters. The van der Waals surface area contributed by atoms with Crippen molar-refractivity contribution in [3.63, 3.8) is 0 Å². The van der Waals surface area contributed by atoms with Crippen molar-refractivity contribution in [3.05, 3.63) is 184 Å². The molecule has 9 heteroatoms. The Kier molecular flexibility index (Phi) is 19.2. The third-order valence-electron chi connectivity index (χ3n) is 8.05. The fraction of sp³-hybridized carbons (Fsp3) is 0.0667. The zero-order chi connectivity index (χ0) is 33.6. The van der Waals surface area contributed by atoms with E-state index in [1.54, 1.807) is 0 Å². The smallest absolute Gasteiger partial charge is 0.391 e. The monoisotopic (exact) mass is 1040 g/mol. The molecule has 4 nitrogen and oxygen atoms in total. The molecule has 261 valence electrons. The van der Waals surface area contributed by atoms with Gasteiger partial charge in [-0.1, -0.05) is 68.3 Å². The first-order valence-corrected chi connectivity index (χ1v) is 19.6. The number of fused-ring (bicyclic) bond motifs is 1. The van der Waals surface area contributed by atoms with Gasteiger partial charge in [-0.2, -0.15) is 30.0 Å². The number of hydrogen-bond donors (Lipinski definition) is 0. The molecule has 5 radical (unpaired) electrons. The summed E-state index contributed by atoms with van der Waals surface area (Å²) in [6, 6.07) is 60.5. The molecule has 0 bridgehead atoms. The Morgan fingerprint density at radius 1 is 0.648 bits per heavy atom. The minimum atomic E-state index is -1.23. The Balaban J connectivity index is 0.000000414. The minimum absolute atomic E-state index is 0. The van der Waals surface area contributed by atoms with E-state index < -0.39 is 8.07 Å². The van der Waals surface area contributed by atoms with Crippen molar-refractivity contribution in [2.75, 3.05) is 0 Å². The van der Waals surface area contributed by atoms with Gasteiger partial charge in [0.15, 0.2) is 0 Å². The fourth-order valence-corrected chi connectivity index (χ4v) is 6.45. The zero-order valence-corrected chi connectivity index (χ0v) is 39.7. The summed E-state index contributed by atoms with van der Waals surface area (Å²) in [5.41, 5.74) is 9.11. The molecule has 0 spiro atoms. The number of pyridine rings is 2. The van der Waals surface area contributed by atoms with E-state index in [1.807, 2.05) is 109 Å². The van der Waals surface area contributed by atoms with Crippen molar-refractivity contribution in [2.24, 2.45) is 0 Å². The van der Waals surface area contributed by atoms with E-state index >= 15 is 0 Å². The Hall–Kier alpha value is -2.99. The van der Waals surface area contributed by atoms with Crippen molar-refractivity contribution < 1.29 is 85.5 Å². The molecule has 0 aliphatic heterocycles. The second kappa shape index (κ2) is 21.9. The van der Waals surface area contributed by atoms with Crippen LogP contribution in [0.5, 0.6) is 0 Å². The molecule has 0 atom stereocenters. The van der Waals surface area contributed by atoms with Crippen molar-refractivity contribution in [1.82, 2.24) is 19.5 Å². The van der Waals surface area contributed by atoms with Gasteiger partial charge in [-0.05, 0) is 41.0 Å². The molecule has 0 amide bonds. The molecular formula is C45H35BIrN4SiY2-4. The normalized spacial score (nSPS) is 10.1. The molecular weight excluding hydrogens is 1010 g/mol. The van der Waals surface area contributed by atoms with Gasteiger partial charge in [-0.25, -0.2) is 23.3 Å². The number of rotatable bonds is 6. The summed E-state index contributed by atoms with van der Waals surface area (Å²) in [5.74, 6) is 0.781. The number of hydrogen-bond acceptors (Lipinski definition) is 3. The molecule has 3 heterocycles. The van der Waals surface area contributed by atoms with Crippen LogP contribution in [0.4, 0.5) is 0 Å². The maximum Gasteiger partial charge on any atom is 3.00 e. The van der Waals surface area contributed by atoms with Crippen LogP contribution in [0.3, 0.4) is 0 Å². The molecule has 0 aliphatic rings. The quantitative estimate of drug-likeness (QED) is 0.123. The van der Waals surface area contributed by atoms with E-state index in [1.165, 1.54) is 5.19 Å². The fourth-order valence-electron chi connectivity index (χ4n) is 5.42. The van der Waals surface area contributed by atoms with Gasteiger partial charge in [0, 0.05) is 73.1 Å². The first-order valence-electron chi connectivity index (χ1n) is 16.1. The van der Waals surface area contributed by atoms with Gasteiger partial charge in [0.25, 0.3) is 0 Å². The number of benzene rings is 5. The van der Waals surface area contributed by atoms with Crippen LogP contribution in [0.25, 0.3) is 61.8 Å². The van der Waals surface area contributed by atoms with Crippen LogP contribution in [-0.4, -0.2) is 36.0 Å². The average molecular weight is 1040 g/mol. The van der Waals surface area contributed by atoms with Gasteiger partial charge in [-0.15, -0.1) is 42.0 Å². The van der Waals surface area contributed by atoms with Crippen LogP contribution in [0.2, 0.25) is 19.6 Å². The second-order valence-corrected chi connectivity index (χ2v) is 17.6.